The number of hydrogen-bond donors (Lipinski definition) is 2. The van der Waals surface area contributed by atoms with Gasteiger partial charge in [-0.2, -0.15) is 5.10 Å². The van der Waals surface area contributed by atoms with Crippen LogP contribution >= 0.6 is 0 Å². The van der Waals surface area contributed by atoms with Crippen LogP contribution in [0.3, 0.4) is 0 Å². The number of benzene rings is 2. The van der Waals surface area contributed by atoms with E-state index in [0.717, 1.165) is 12.0 Å². The topological polar surface area (TPSA) is 115 Å². The van der Waals surface area contributed by atoms with Gasteiger partial charge in [-0.3, -0.25) is 19.2 Å². The maximum Gasteiger partial charge on any atom is 0.262 e. The summed E-state index contributed by atoms with van der Waals surface area (Å²) in [6.07, 6.45) is 6.07. The Bertz CT molecular complexity index is 1370. The second kappa shape index (κ2) is 10.2. The number of anilines is 2. The van der Waals surface area contributed by atoms with Gasteiger partial charge < -0.3 is 10.1 Å². The molecule has 0 spiro atoms. The number of pyridine rings is 1. The Labute approximate surface area is 197 Å². The Morgan fingerprint density at radius 3 is 2.47 bits per heavy atom. The van der Waals surface area contributed by atoms with Gasteiger partial charge in [0.2, 0.25) is 0 Å². The zero-order chi connectivity index (χ0) is 24.0. The van der Waals surface area contributed by atoms with Crippen molar-refractivity contribution in [3.8, 4) is 5.75 Å². The minimum Gasteiger partial charge on any atom is -0.495 e. The van der Waals surface area contributed by atoms with Crippen LogP contribution in [0.1, 0.15) is 15.9 Å². The van der Waals surface area contributed by atoms with Crippen LogP contribution < -0.4 is 14.8 Å². The molecular weight excluding hydrogens is 454 g/mol. The van der Waals surface area contributed by atoms with Crippen molar-refractivity contribution in [3.63, 3.8) is 0 Å². The number of carbonyl (C=O) groups excluding carboxylic acids is 1. The first kappa shape index (κ1) is 23.0. The predicted molar refractivity (Wildman–Crippen MR) is 128 cm³/mol. The highest BCUT2D eigenvalue weighted by molar-refractivity contribution is 7.92. The van der Waals surface area contributed by atoms with Gasteiger partial charge in [-0.05, 0) is 60.5 Å². The summed E-state index contributed by atoms with van der Waals surface area (Å²) in [6, 6.07) is 18.0. The summed E-state index contributed by atoms with van der Waals surface area (Å²) in [6.45, 7) is 0.658. The maximum absolute atomic E-state index is 12.7. The number of para-hydroxylation sites is 2. The number of amides is 1. The molecule has 1 amide bonds. The van der Waals surface area contributed by atoms with Gasteiger partial charge in [-0.1, -0.05) is 12.1 Å². The van der Waals surface area contributed by atoms with Crippen LogP contribution in [0.15, 0.2) is 90.2 Å². The molecule has 174 valence electrons. The molecule has 2 heterocycles. The number of sulfonamides is 1. The molecule has 2 aromatic heterocycles. The zero-order valence-electron chi connectivity index (χ0n) is 18.4. The van der Waals surface area contributed by atoms with Crippen molar-refractivity contribution in [1.29, 1.82) is 0 Å². The van der Waals surface area contributed by atoms with Crippen LogP contribution in [0, 0.1) is 0 Å². The Morgan fingerprint density at radius 1 is 1.00 bits per heavy atom. The van der Waals surface area contributed by atoms with E-state index in [-0.39, 0.29) is 10.8 Å². The van der Waals surface area contributed by atoms with Gasteiger partial charge in [0, 0.05) is 36.8 Å². The molecule has 34 heavy (non-hydrogen) atoms. The summed E-state index contributed by atoms with van der Waals surface area (Å²) in [4.78, 5) is 16.6. The first-order valence-electron chi connectivity index (χ1n) is 10.4. The average molecular weight is 478 g/mol. The van der Waals surface area contributed by atoms with E-state index in [0.29, 0.717) is 29.4 Å². The number of rotatable bonds is 9. The molecule has 0 radical (unpaired) electrons. The van der Waals surface area contributed by atoms with Gasteiger partial charge in [0.15, 0.2) is 5.82 Å². The molecule has 0 aliphatic heterocycles. The highest BCUT2D eigenvalue weighted by atomic mass is 32.2. The van der Waals surface area contributed by atoms with Crippen LogP contribution in [0.4, 0.5) is 11.5 Å². The molecule has 10 heteroatoms. The number of carbonyl (C=O) groups is 1. The van der Waals surface area contributed by atoms with Crippen molar-refractivity contribution in [3.05, 3.63) is 96.4 Å². The molecule has 0 aliphatic carbocycles. The van der Waals surface area contributed by atoms with Gasteiger partial charge in [0.25, 0.3) is 15.9 Å². The largest absolute Gasteiger partial charge is 0.495 e. The van der Waals surface area contributed by atoms with Gasteiger partial charge >= 0.3 is 0 Å². The Balaban J connectivity index is 1.38. The lowest BCUT2D eigenvalue weighted by Gasteiger charge is -2.12. The van der Waals surface area contributed by atoms with E-state index in [2.05, 4.69) is 20.1 Å². The summed E-state index contributed by atoms with van der Waals surface area (Å²) >= 11 is 0. The monoisotopic (exact) mass is 477 g/mol. The molecule has 0 bridgehead atoms. The van der Waals surface area contributed by atoms with Crippen molar-refractivity contribution in [2.75, 3.05) is 17.1 Å². The summed E-state index contributed by atoms with van der Waals surface area (Å²) in [5.74, 6) is 0.428. The average Bonchev–Trinajstić information content (AvgIpc) is 3.31. The van der Waals surface area contributed by atoms with Crippen molar-refractivity contribution in [1.82, 2.24) is 14.8 Å². The molecule has 0 unspecified atom stereocenters. The summed E-state index contributed by atoms with van der Waals surface area (Å²) in [5, 5.41) is 7.09. The maximum atomic E-state index is 12.7. The fourth-order valence-corrected chi connectivity index (χ4v) is 4.32. The van der Waals surface area contributed by atoms with Gasteiger partial charge in [-0.15, -0.1) is 0 Å². The minimum absolute atomic E-state index is 0.0235. The van der Waals surface area contributed by atoms with Crippen LogP contribution in [-0.4, -0.2) is 36.2 Å². The lowest BCUT2D eigenvalue weighted by molar-refractivity contribution is 0.102. The summed E-state index contributed by atoms with van der Waals surface area (Å²) in [5.41, 5.74) is 1.78. The van der Waals surface area contributed by atoms with E-state index in [1.165, 1.54) is 31.4 Å². The van der Waals surface area contributed by atoms with Crippen molar-refractivity contribution in [2.24, 2.45) is 0 Å². The molecule has 0 aliphatic rings. The number of aryl methyl sites for hydroxylation is 2. The van der Waals surface area contributed by atoms with Crippen LogP contribution in [-0.2, 0) is 23.0 Å². The third kappa shape index (κ3) is 5.59. The first-order chi connectivity index (χ1) is 16.4. The number of hydrogen-bond acceptors (Lipinski definition) is 6. The van der Waals surface area contributed by atoms with Gasteiger partial charge in [0.1, 0.15) is 5.75 Å². The highest BCUT2D eigenvalue weighted by Gasteiger charge is 2.17. The third-order valence-electron chi connectivity index (χ3n) is 5.04. The third-order valence-corrected chi connectivity index (χ3v) is 6.42. The normalized spacial score (nSPS) is 11.1. The molecule has 2 N–H and O–H groups in total. The van der Waals surface area contributed by atoms with E-state index in [1.54, 1.807) is 53.6 Å². The second-order valence-electron chi connectivity index (χ2n) is 7.35. The number of aromatic nitrogens is 3. The van der Waals surface area contributed by atoms with E-state index in [4.69, 9.17) is 4.74 Å². The van der Waals surface area contributed by atoms with Crippen molar-refractivity contribution in [2.45, 2.75) is 17.9 Å². The fourth-order valence-electron chi connectivity index (χ4n) is 3.25. The van der Waals surface area contributed by atoms with E-state index < -0.39 is 10.0 Å². The number of methoxy groups -OCH3 is 1. The van der Waals surface area contributed by atoms with Crippen molar-refractivity contribution >= 4 is 27.4 Å². The van der Waals surface area contributed by atoms with Crippen LogP contribution in [0.5, 0.6) is 5.75 Å². The Hall–Kier alpha value is -4.18. The highest BCUT2D eigenvalue weighted by Crippen LogP contribution is 2.26. The predicted octanol–water partition coefficient (Wildman–Crippen LogP) is 3.58. The quantitative estimate of drug-likeness (QED) is 0.381. The SMILES string of the molecule is COc1ccccc1NS(=O)(=O)c1ccc(C(=O)Nc2ccn(CCc3ccncc3)n2)cc1. The Kier molecular flexibility index (Phi) is 6.88. The first-order valence-corrected chi connectivity index (χ1v) is 11.9. The van der Waals surface area contributed by atoms with Crippen molar-refractivity contribution < 1.29 is 17.9 Å². The number of nitrogens with one attached hydrogen (secondary N) is 2. The molecular formula is C24H23N5O4S. The molecule has 4 aromatic rings. The van der Waals surface area contributed by atoms with Crippen LogP contribution in [0.25, 0.3) is 0 Å². The standard InChI is InChI=1S/C24H23N5O4S/c1-33-22-5-3-2-4-21(22)28-34(31,32)20-8-6-19(7-9-20)24(30)26-23-13-17-29(27-23)16-12-18-10-14-25-15-11-18/h2-11,13-15,17,28H,12,16H2,1H3,(H,26,27,30). The molecule has 0 fully saturated rings. The summed E-state index contributed by atoms with van der Waals surface area (Å²) < 4.78 is 34.9. The van der Waals surface area contributed by atoms with Gasteiger partial charge in [-0.25, -0.2) is 8.42 Å². The van der Waals surface area contributed by atoms with Crippen LogP contribution in [0.2, 0.25) is 0 Å². The molecule has 0 atom stereocenters. The zero-order valence-corrected chi connectivity index (χ0v) is 19.2. The fraction of sp³-hybridized carbons (Fsp3) is 0.125. The molecule has 9 nitrogen and oxygen atoms in total. The molecule has 4 rings (SSSR count). The van der Waals surface area contributed by atoms with E-state index >= 15 is 0 Å². The lowest BCUT2D eigenvalue weighted by atomic mass is 10.2. The number of ether oxygens (including phenoxy) is 1. The minimum atomic E-state index is -3.85. The summed E-state index contributed by atoms with van der Waals surface area (Å²) in [7, 11) is -2.39. The molecule has 2 aromatic carbocycles. The molecule has 0 saturated carbocycles. The van der Waals surface area contributed by atoms with E-state index in [1.807, 2.05) is 12.1 Å². The molecule has 0 saturated heterocycles. The van der Waals surface area contributed by atoms with E-state index in [9.17, 15) is 13.2 Å². The number of nitrogens with zero attached hydrogens (tertiary/aromatic N) is 3. The second-order valence-corrected chi connectivity index (χ2v) is 9.04. The lowest BCUT2D eigenvalue weighted by Crippen LogP contribution is -2.15. The Morgan fingerprint density at radius 2 is 1.74 bits per heavy atom. The smallest absolute Gasteiger partial charge is 0.262 e. The van der Waals surface area contributed by atoms with Gasteiger partial charge in [0.05, 0.1) is 17.7 Å².